The lowest BCUT2D eigenvalue weighted by Crippen LogP contribution is -2.34. The average Bonchev–Trinajstić information content (AvgIpc) is 2.37. The summed E-state index contributed by atoms with van der Waals surface area (Å²) in [5.74, 6) is -0.876. The van der Waals surface area contributed by atoms with Crippen LogP contribution in [0.5, 0.6) is 5.75 Å². The summed E-state index contributed by atoms with van der Waals surface area (Å²) in [5.41, 5.74) is 0.785. The van der Waals surface area contributed by atoms with Crippen molar-refractivity contribution >= 4 is 16.0 Å². The summed E-state index contributed by atoms with van der Waals surface area (Å²) in [7, 11) is -3.61. The quantitative estimate of drug-likeness (QED) is 0.838. The molecule has 0 aromatic heterocycles. The number of benzene rings is 1. The van der Waals surface area contributed by atoms with Crippen molar-refractivity contribution in [1.82, 2.24) is 4.72 Å². The number of ether oxygens (including phenoxy) is 1. The van der Waals surface area contributed by atoms with Crippen molar-refractivity contribution < 1.29 is 23.1 Å². The molecule has 2 N–H and O–H groups in total. The van der Waals surface area contributed by atoms with Gasteiger partial charge in [-0.05, 0) is 6.07 Å². The normalized spacial score (nSPS) is 18.4. The molecular formula is C12H15NO5S. The summed E-state index contributed by atoms with van der Waals surface area (Å²) in [4.78, 5) is 10.4. The highest BCUT2D eigenvalue weighted by atomic mass is 32.2. The smallest absolute Gasteiger partial charge is 0.304 e. The van der Waals surface area contributed by atoms with Gasteiger partial charge in [0.05, 0.1) is 24.8 Å². The third-order valence-corrected chi connectivity index (χ3v) is 4.25. The maximum atomic E-state index is 11.8. The molecule has 1 unspecified atom stereocenters. The third-order valence-electron chi connectivity index (χ3n) is 2.86. The predicted molar refractivity (Wildman–Crippen MR) is 68.5 cm³/mol. The Bertz CT molecular complexity index is 569. The van der Waals surface area contributed by atoms with Crippen molar-refractivity contribution in [3.63, 3.8) is 0 Å². The summed E-state index contributed by atoms with van der Waals surface area (Å²) >= 11 is 0. The maximum absolute atomic E-state index is 11.8. The zero-order valence-electron chi connectivity index (χ0n) is 10.2. The van der Waals surface area contributed by atoms with Crippen molar-refractivity contribution in [3.05, 3.63) is 29.8 Å². The summed E-state index contributed by atoms with van der Waals surface area (Å²) in [6.45, 7) is 0.434. The van der Waals surface area contributed by atoms with E-state index in [1.165, 1.54) is 0 Å². The van der Waals surface area contributed by atoms with Gasteiger partial charge < -0.3 is 9.84 Å². The molecule has 2 rings (SSSR count). The van der Waals surface area contributed by atoms with Gasteiger partial charge in [-0.15, -0.1) is 0 Å². The lowest BCUT2D eigenvalue weighted by Gasteiger charge is -2.26. The lowest BCUT2D eigenvalue weighted by atomic mass is 10.0. The molecule has 1 aromatic carbocycles. The standard InChI is InChI=1S/C12H15NO5S/c14-12(15)6-8-19(16,17)13-10-5-7-18-11-4-2-1-3-9(10)11/h1-4,10,13H,5-8H2,(H,14,15). The number of nitrogens with one attached hydrogen (secondary N) is 1. The third kappa shape index (κ3) is 3.68. The zero-order valence-corrected chi connectivity index (χ0v) is 11.0. The van der Waals surface area contributed by atoms with E-state index >= 15 is 0 Å². The van der Waals surface area contributed by atoms with E-state index in [1.54, 1.807) is 12.1 Å². The summed E-state index contributed by atoms with van der Waals surface area (Å²) in [6, 6.07) is 6.86. The first kappa shape index (κ1) is 13.8. The molecule has 0 radical (unpaired) electrons. The van der Waals surface area contributed by atoms with Gasteiger partial charge in [-0.1, -0.05) is 18.2 Å². The second-order valence-electron chi connectivity index (χ2n) is 4.31. The van der Waals surface area contributed by atoms with Crippen molar-refractivity contribution in [2.24, 2.45) is 0 Å². The topological polar surface area (TPSA) is 92.7 Å². The molecule has 0 amide bonds. The molecule has 0 spiro atoms. The van der Waals surface area contributed by atoms with E-state index in [0.717, 1.165) is 5.56 Å². The molecule has 6 nitrogen and oxygen atoms in total. The van der Waals surface area contributed by atoms with Gasteiger partial charge in [0, 0.05) is 12.0 Å². The van der Waals surface area contributed by atoms with Gasteiger partial charge in [0.25, 0.3) is 0 Å². The van der Waals surface area contributed by atoms with Crippen LogP contribution < -0.4 is 9.46 Å². The number of aliphatic carboxylic acids is 1. The highest BCUT2D eigenvalue weighted by molar-refractivity contribution is 7.89. The molecule has 1 atom stereocenters. The number of para-hydroxylation sites is 1. The van der Waals surface area contributed by atoms with Crippen LogP contribution in [-0.4, -0.2) is 31.9 Å². The minimum atomic E-state index is -3.61. The van der Waals surface area contributed by atoms with E-state index < -0.39 is 28.2 Å². The Hall–Kier alpha value is -1.60. The maximum Gasteiger partial charge on any atom is 0.304 e. The number of fused-ring (bicyclic) bond motifs is 1. The van der Waals surface area contributed by atoms with Gasteiger partial charge in [-0.3, -0.25) is 4.79 Å². The predicted octanol–water partition coefficient (Wildman–Crippen LogP) is 0.904. The molecular weight excluding hydrogens is 270 g/mol. The highest BCUT2D eigenvalue weighted by Gasteiger charge is 2.25. The molecule has 1 aliphatic heterocycles. The Labute approximate surface area is 111 Å². The lowest BCUT2D eigenvalue weighted by molar-refractivity contribution is -0.136. The van der Waals surface area contributed by atoms with Crippen molar-refractivity contribution in [3.8, 4) is 5.75 Å². The molecule has 0 fully saturated rings. The van der Waals surface area contributed by atoms with E-state index in [-0.39, 0.29) is 6.04 Å². The van der Waals surface area contributed by atoms with E-state index in [0.29, 0.717) is 18.8 Å². The van der Waals surface area contributed by atoms with Gasteiger partial charge >= 0.3 is 5.97 Å². The van der Waals surface area contributed by atoms with E-state index in [2.05, 4.69) is 4.72 Å². The number of carboxylic acids is 1. The Balaban J connectivity index is 2.10. The van der Waals surface area contributed by atoms with Crippen molar-refractivity contribution in [2.45, 2.75) is 18.9 Å². The van der Waals surface area contributed by atoms with Crippen LogP contribution in [0.1, 0.15) is 24.4 Å². The summed E-state index contributed by atoms with van der Waals surface area (Å²) in [6.07, 6.45) is 0.128. The molecule has 104 valence electrons. The van der Waals surface area contributed by atoms with E-state index in [1.807, 2.05) is 12.1 Å². The second-order valence-corrected chi connectivity index (χ2v) is 6.18. The minimum absolute atomic E-state index is 0.358. The van der Waals surface area contributed by atoms with E-state index in [4.69, 9.17) is 9.84 Å². The fourth-order valence-corrected chi connectivity index (χ4v) is 3.20. The second kappa shape index (κ2) is 5.58. The highest BCUT2D eigenvalue weighted by Crippen LogP contribution is 2.31. The number of sulfonamides is 1. The molecule has 0 bridgehead atoms. The molecule has 1 aromatic rings. The van der Waals surface area contributed by atoms with E-state index in [9.17, 15) is 13.2 Å². The Morgan fingerprint density at radius 3 is 2.89 bits per heavy atom. The van der Waals surface area contributed by atoms with Crippen LogP contribution >= 0.6 is 0 Å². The largest absolute Gasteiger partial charge is 0.493 e. The van der Waals surface area contributed by atoms with Gasteiger partial charge in [0.1, 0.15) is 5.75 Å². The Kier molecular flexibility index (Phi) is 4.06. The number of carboxylic acid groups (broad SMARTS) is 1. The Morgan fingerprint density at radius 1 is 1.42 bits per heavy atom. The van der Waals surface area contributed by atoms with Crippen molar-refractivity contribution in [1.29, 1.82) is 0 Å². The number of carbonyl (C=O) groups is 1. The van der Waals surface area contributed by atoms with Crippen LogP contribution in [0.2, 0.25) is 0 Å². The van der Waals surface area contributed by atoms with Crippen LogP contribution in [0.25, 0.3) is 0 Å². The van der Waals surface area contributed by atoms with Crippen molar-refractivity contribution in [2.75, 3.05) is 12.4 Å². The zero-order chi connectivity index (χ0) is 13.9. The SMILES string of the molecule is O=C(O)CCS(=O)(=O)NC1CCOc2ccccc21. The first-order valence-corrected chi connectivity index (χ1v) is 7.57. The molecule has 1 aliphatic rings. The summed E-state index contributed by atoms with van der Waals surface area (Å²) in [5, 5.41) is 8.53. The minimum Gasteiger partial charge on any atom is -0.493 e. The molecule has 0 saturated carbocycles. The van der Waals surface area contributed by atoms with Crippen LogP contribution in [-0.2, 0) is 14.8 Å². The van der Waals surface area contributed by atoms with Gasteiger partial charge in [0.15, 0.2) is 0 Å². The number of hydrogen-bond donors (Lipinski definition) is 2. The van der Waals surface area contributed by atoms with Gasteiger partial charge in [0.2, 0.25) is 10.0 Å². The number of hydrogen-bond acceptors (Lipinski definition) is 4. The monoisotopic (exact) mass is 285 g/mol. The van der Waals surface area contributed by atoms with Gasteiger partial charge in [-0.2, -0.15) is 0 Å². The Morgan fingerprint density at radius 2 is 2.16 bits per heavy atom. The van der Waals surface area contributed by atoms with Gasteiger partial charge in [-0.25, -0.2) is 13.1 Å². The first-order valence-electron chi connectivity index (χ1n) is 5.91. The first-order chi connectivity index (χ1) is 8.98. The molecule has 7 heteroatoms. The van der Waals surface area contributed by atoms with Crippen LogP contribution in [0.3, 0.4) is 0 Å². The molecule has 19 heavy (non-hydrogen) atoms. The molecule has 0 saturated heterocycles. The summed E-state index contributed by atoms with van der Waals surface area (Å²) < 4.78 is 31.6. The fourth-order valence-electron chi connectivity index (χ4n) is 1.96. The van der Waals surface area contributed by atoms with Crippen LogP contribution in [0, 0.1) is 0 Å². The van der Waals surface area contributed by atoms with Crippen LogP contribution in [0.15, 0.2) is 24.3 Å². The average molecular weight is 285 g/mol. The molecule has 0 aliphatic carbocycles. The molecule has 1 heterocycles. The number of rotatable bonds is 5. The van der Waals surface area contributed by atoms with Crippen LogP contribution in [0.4, 0.5) is 0 Å². The fraction of sp³-hybridized carbons (Fsp3) is 0.417.